The van der Waals surface area contributed by atoms with E-state index in [9.17, 15) is 5.11 Å². The highest BCUT2D eigenvalue weighted by atomic mass is 16.3. The summed E-state index contributed by atoms with van der Waals surface area (Å²) < 4.78 is 0. The second kappa shape index (κ2) is 6.52. The Morgan fingerprint density at radius 3 is 2.60 bits per heavy atom. The molecule has 1 atom stereocenters. The molecule has 0 radical (unpaired) electrons. The molecular formula is C15H22N4O. The number of fused-ring (bicyclic) bond motifs is 1. The van der Waals surface area contributed by atoms with Crippen LogP contribution in [0.15, 0.2) is 24.3 Å². The summed E-state index contributed by atoms with van der Waals surface area (Å²) in [6.07, 6.45) is 0. The van der Waals surface area contributed by atoms with Crippen molar-refractivity contribution in [3.8, 4) is 0 Å². The summed E-state index contributed by atoms with van der Waals surface area (Å²) in [6.45, 7) is 7.00. The SMILES string of the molecule is CCNc1nc(N[C@H](CO)C(C)C)c2ccccc2n1. The lowest BCUT2D eigenvalue weighted by atomic mass is 10.1. The van der Waals surface area contributed by atoms with Crippen molar-refractivity contribution in [1.82, 2.24) is 9.97 Å². The van der Waals surface area contributed by atoms with Crippen molar-refractivity contribution in [1.29, 1.82) is 0 Å². The number of nitrogens with one attached hydrogen (secondary N) is 2. The molecule has 0 fully saturated rings. The predicted molar refractivity (Wildman–Crippen MR) is 83.0 cm³/mol. The third-order valence-electron chi connectivity index (χ3n) is 3.26. The van der Waals surface area contributed by atoms with Crippen LogP contribution in [0.4, 0.5) is 11.8 Å². The Hall–Kier alpha value is -1.88. The first kappa shape index (κ1) is 14.5. The second-order valence-corrected chi connectivity index (χ2v) is 5.12. The summed E-state index contributed by atoms with van der Waals surface area (Å²) in [5, 5.41) is 16.9. The lowest BCUT2D eigenvalue weighted by Crippen LogP contribution is -2.30. The van der Waals surface area contributed by atoms with Crippen LogP contribution >= 0.6 is 0 Å². The lowest BCUT2D eigenvalue weighted by Gasteiger charge is -2.21. The van der Waals surface area contributed by atoms with Crippen LogP contribution < -0.4 is 10.6 Å². The molecule has 0 saturated heterocycles. The molecule has 5 nitrogen and oxygen atoms in total. The standard InChI is InChI=1S/C15H22N4O/c1-4-16-15-18-12-8-6-5-7-11(12)14(19-15)17-13(9-20)10(2)3/h5-8,10,13,20H,4,9H2,1-3H3,(H2,16,17,18,19)/t13-/m1/s1. The van der Waals surface area contributed by atoms with Crippen LogP contribution in [0, 0.1) is 5.92 Å². The zero-order valence-corrected chi connectivity index (χ0v) is 12.2. The summed E-state index contributed by atoms with van der Waals surface area (Å²) in [5.74, 6) is 1.68. The van der Waals surface area contributed by atoms with Crippen LogP contribution in [0.2, 0.25) is 0 Å². The highest BCUT2D eigenvalue weighted by Crippen LogP contribution is 2.23. The molecule has 0 saturated carbocycles. The van der Waals surface area contributed by atoms with E-state index in [1.165, 1.54) is 0 Å². The Kier molecular flexibility index (Phi) is 4.74. The summed E-state index contributed by atoms with van der Waals surface area (Å²) in [6, 6.07) is 7.85. The molecule has 3 N–H and O–H groups in total. The fraction of sp³-hybridized carbons (Fsp3) is 0.467. The van der Waals surface area contributed by atoms with Crippen molar-refractivity contribution in [3.63, 3.8) is 0 Å². The molecule has 108 valence electrons. The van der Waals surface area contributed by atoms with Gasteiger partial charge in [0.1, 0.15) is 5.82 Å². The summed E-state index contributed by atoms with van der Waals surface area (Å²) in [4.78, 5) is 9.00. The van der Waals surface area contributed by atoms with Crippen molar-refractivity contribution in [3.05, 3.63) is 24.3 Å². The number of rotatable bonds is 6. The number of nitrogens with zero attached hydrogens (tertiary/aromatic N) is 2. The quantitative estimate of drug-likeness (QED) is 0.755. The monoisotopic (exact) mass is 274 g/mol. The van der Waals surface area contributed by atoms with Crippen molar-refractivity contribution in [2.24, 2.45) is 5.92 Å². The molecule has 2 aromatic rings. The van der Waals surface area contributed by atoms with Crippen molar-refractivity contribution >= 4 is 22.7 Å². The van der Waals surface area contributed by atoms with Gasteiger partial charge >= 0.3 is 0 Å². The Morgan fingerprint density at radius 1 is 1.20 bits per heavy atom. The normalized spacial score (nSPS) is 12.7. The van der Waals surface area contributed by atoms with Crippen molar-refractivity contribution in [2.75, 3.05) is 23.8 Å². The average Bonchev–Trinajstić information content (AvgIpc) is 2.44. The molecule has 0 spiro atoms. The largest absolute Gasteiger partial charge is 0.394 e. The van der Waals surface area contributed by atoms with Gasteiger partial charge in [0.15, 0.2) is 0 Å². The van der Waals surface area contributed by atoms with Gasteiger partial charge < -0.3 is 15.7 Å². The number of aliphatic hydroxyl groups excluding tert-OH is 1. The van der Waals surface area contributed by atoms with E-state index in [-0.39, 0.29) is 12.6 Å². The number of para-hydroxylation sites is 1. The first-order chi connectivity index (χ1) is 9.65. The maximum atomic E-state index is 9.48. The van der Waals surface area contributed by atoms with Gasteiger partial charge in [0.05, 0.1) is 18.2 Å². The van der Waals surface area contributed by atoms with Gasteiger partial charge in [0.2, 0.25) is 5.95 Å². The van der Waals surface area contributed by atoms with Gasteiger partial charge in [-0.05, 0) is 25.0 Å². The Bertz CT molecular complexity index is 571. The maximum absolute atomic E-state index is 9.48. The van der Waals surface area contributed by atoms with E-state index in [0.717, 1.165) is 23.3 Å². The summed E-state index contributed by atoms with van der Waals surface area (Å²) in [7, 11) is 0. The van der Waals surface area contributed by atoms with Gasteiger partial charge in [-0.2, -0.15) is 4.98 Å². The highest BCUT2D eigenvalue weighted by Gasteiger charge is 2.15. The fourth-order valence-electron chi connectivity index (χ4n) is 2.02. The van der Waals surface area contributed by atoms with Crippen LogP contribution in [-0.4, -0.2) is 34.3 Å². The van der Waals surface area contributed by atoms with Crippen LogP contribution in [0.5, 0.6) is 0 Å². The van der Waals surface area contributed by atoms with Crippen LogP contribution in [0.25, 0.3) is 10.9 Å². The smallest absolute Gasteiger partial charge is 0.225 e. The van der Waals surface area contributed by atoms with E-state index in [4.69, 9.17) is 0 Å². The van der Waals surface area contributed by atoms with Crippen molar-refractivity contribution in [2.45, 2.75) is 26.8 Å². The number of hydrogen-bond acceptors (Lipinski definition) is 5. The Morgan fingerprint density at radius 2 is 1.95 bits per heavy atom. The predicted octanol–water partition coefficient (Wildman–Crippen LogP) is 2.49. The zero-order chi connectivity index (χ0) is 14.5. The molecule has 1 heterocycles. The molecule has 0 aliphatic carbocycles. The average molecular weight is 274 g/mol. The molecule has 0 bridgehead atoms. The van der Waals surface area contributed by atoms with Gasteiger partial charge in [-0.1, -0.05) is 26.0 Å². The molecule has 0 aliphatic rings. The number of benzene rings is 1. The number of hydrogen-bond donors (Lipinski definition) is 3. The molecule has 2 rings (SSSR count). The highest BCUT2D eigenvalue weighted by molar-refractivity contribution is 5.90. The number of aliphatic hydroxyl groups is 1. The van der Waals surface area contributed by atoms with Gasteiger partial charge in [0, 0.05) is 11.9 Å². The Labute approximate surface area is 119 Å². The minimum atomic E-state index is -0.0252. The molecule has 0 aliphatic heterocycles. The maximum Gasteiger partial charge on any atom is 0.225 e. The summed E-state index contributed by atoms with van der Waals surface area (Å²) in [5.41, 5.74) is 0.890. The molecule has 5 heteroatoms. The molecule has 1 aromatic heterocycles. The van der Waals surface area contributed by atoms with Crippen LogP contribution in [0.1, 0.15) is 20.8 Å². The Balaban J connectivity index is 2.43. The van der Waals surface area contributed by atoms with E-state index in [0.29, 0.717) is 11.9 Å². The minimum Gasteiger partial charge on any atom is -0.394 e. The first-order valence-electron chi connectivity index (χ1n) is 7.03. The molecular weight excluding hydrogens is 252 g/mol. The van der Waals surface area contributed by atoms with Crippen molar-refractivity contribution < 1.29 is 5.11 Å². The van der Waals surface area contributed by atoms with E-state index in [2.05, 4.69) is 34.4 Å². The van der Waals surface area contributed by atoms with E-state index < -0.39 is 0 Å². The molecule has 1 aromatic carbocycles. The van der Waals surface area contributed by atoms with E-state index in [1.54, 1.807) is 0 Å². The molecule has 0 unspecified atom stereocenters. The fourth-order valence-corrected chi connectivity index (χ4v) is 2.02. The van der Waals surface area contributed by atoms with Gasteiger partial charge in [-0.15, -0.1) is 0 Å². The van der Waals surface area contributed by atoms with Gasteiger partial charge in [0.25, 0.3) is 0 Å². The van der Waals surface area contributed by atoms with E-state index >= 15 is 0 Å². The third-order valence-corrected chi connectivity index (χ3v) is 3.26. The van der Waals surface area contributed by atoms with E-state index in [1.807, 2.05) is 31.2 Å². The third kappa shape index (κ3) is 3.17. The molecule has 0 amide bonds. The summed E-state index contributed by atoms with van der Waals surface area (Å²) >= 11 is 0. The molecule has 20 heavy (non-hydrogen) atoms. The van der Waals surface area contributed by atoms with Crippen LogP contribution in [-0.2, 0) is 0 Å². The minimum absolute atomic E-state index is 0.0252. The first-order valence-corrected chi connectivity index (χ1v) is 7.03. The second-order valence-electron chi connectivity index (χ2n) is 5.12. The van der Waals surface area contributed by atoms with Gasteiger partial charge in [-0.25, -0.2) is 4.98 Å². The number of anilines is 2. The lowest BCUT2D eigenvalue weighted by molar-refractivity contribution is 0.249. The zero-order valence-electron chi connectivity index (χ0n) is 12.2. The topological polar surface area (TPSA) is 70.1 Å². The van der Waals surface area contributed by atoms with Crippen LogP contribution in [0.3, 0.4) is 0 Å². The number of aromatic nitrogens is 2. The van der Waals surface area contributed by atoms with Gasteiger partial charge in [-0.3, -0.25) is 0 Å².